The Bertz CT molecular complexity index is 1270. The number of carbonyl (C=O) groups is 1. The number of anilines is 2. The molecule has 1 aliphatic heterocycles. The first-order valence-corrected chi connectivity index (χ1v) is 11.4. The minimum Gasteiger partial charge on any atom is -0.497 e. The van der Waals surface area contributed by atoms with Crippen LogP contribution in [0.4, 0.5) is 11.9 Å². The van der Waals surface area contributed by atoms with Crippen LogP contribution in [0.3, 0.4) is 0 Å². The molecule has 0 spiro atoms. The normalized spacial score (nSPS) is 16.9. The highest BCUT2D eigenvalue weighted by Gasteiger charge is 2.31. The molecule has 0 saturated heterocycles. The summed E-state index contributed by atoms with van der Waals surface area (Å²) >= 11 is 0. The van der Waals surface area contributed by atoms with Crippen molar-refractivity contribution in [2.75, 3.05) is 17.7 Å². The standard InChI is InChI=1S/C27H27N5O2/c1-18-8-12-20(13-9-18)23-17-24(21-6-4-3-5-7-21)32-27(28-23)30-26(31-32)29-25(33)16-19-10-14-22(34-2)15-11-19/h3-15,23-24H,16-17H2,1-2H3,(H2,28,29,30,31,33)/t23-,24+/m0/s1. The minimum atomic E-state index is -0.167. The predicted molar refractivity (Wildman–Crippen MR) is 132 cm³/mol. The molecule has 2 N–H and O–H groups in total. The Hall–Kier alpha value is -4.13. The number of nitrogens with zero attached hydrogens (tertiary/aromatic N) is 3. The number of nitrogens with one attached hydrogen (secondary N) is 2. The van der Waals surface area contributed by atoms with Crippen molar-refractivity contribution < 1.29 is 9.53 Å². The number of fused-ring (bicyclic) bond motifs is 1. The van der Waals surface area contributed by atoms with E-state index in [1.807, 2.05) is 47.1 Å². The van der Waals surface area contributed by atoms with E-state index >= 15 is 0 Å². The van der Waals surface area contributed by atoms with Gasteiger partial charge >= 0.3 is 0 Å². The summed E-state index contributed by atoms with van der Waals surface area (Å²) in [5.41, 5.74) is 4.47. The van der Waals surface area contributed by atoms with Crippen molar-refractivity contribution in [3.63, 3.8) is 0 Å². The molecule has 172 valence electrons. The van der Waals surface area contributed by atoms with Crippen LogP contribution in [-0.4, -0.2) is 27.8 Å². The molecule has 7 heteroatoms. The second-order valence-corrected chi connectivity index (χ2v) is 8.55. The van der Waals surface area contributed by atoms with Crippen molar-refractivity contribution in [3.8, 4) is 5.75 Å². The van der Waals surface area contributed by atoms with Gasteiger partial charge in [-0.15, -0.1) is 5.10 Å². The molecule has 0 radical (unpaired) electrons. The molecule has 3 aromatic carbocycles. The number of carbonyl (C=O) groups excluding carboxylic acids is 1. The molecule has 0 fully saturated rings. The Morgan fingerprint density at radius 1 is 1.03 bits per heavy atom. The van der Waals surface area contributed by atoms with Crippen LogP contribution in [0.15, 0.2) is 78.9 Å². The zero-order chi connectivity index (χ0) is 23.5. The summed E-state index contributed by atoms with van der Waals surface area (Å²) in [6.07, 6.45) is 1.05. The third kappa shape index (κ3) is 4.64. The van der Waals surface area contributed by atoms with E-state index in [0.29, 0.717) is 11.9 Å². The first-order valence-electron chi connectivity index (χ1n) is 11.4. The third-order valence-corrected chi connectivity index (χ3v) is 6.13. The highest BCUT2D eigenvalue weighted by atomic mass is 16.5. The lowest BCUT2D eigenvalue weighted by Crippen LogP contribution is -2.28. The number of aryl methyl sites for hydroxylation is 1. The number of methoxy groups -OCH3 is 1. The van der Waals surface area contributed by atoms with Crippen LogP contribution in [-0.2, 0) is 11.2 Å². The zero-order valence-corrected chi connectivity index (χ0v) is 19.2. The van der Waals surface area contributed by atoms with Gasteiger partial charge in [0.1, 0.15) is 5.75 Å². The number of aromatic nitrogens is 3. The molecule has 0 saturated carbocycles. The quantitative estimate of drug-likeness (QED) is 0.433. The van der Waals surface area contributed by atoms with E-state index in [9.17, 15) is 4.79 Å². The first kappa shape index (κ1) is 21.7. The van der Waals surface area contributed by atoms with Crippen molar-refractivity contribution in [2.45, 2.75) is 31.8 Å². The average Bonchev–Trinajstić information content (AvgIpc) is 3.27. The monoisotopic (exact) mass is 453 g/mol. The van der Waals surface area contributed by atoms with E-state index in [-0.39, 0.29) is 24.4 Å². The summed E-state index contributed by atoms with van der Waals surface area (Å²) < 4.78 is 7.06. The van der Waals surface area contributed by atoms with E-state index in [0.717, 1.165) is 23.3 Å². The van der Waals surface area contributed by atoms with Crippen LogP contribution in [0.25, 0.3) is 0 Å². The molecule has 5 rings (SSSR count). The fourth-order valence-corrected chi connectivity index (χ4v) is 4.30. The van der Waals surface area contributed by atoms with Crippen molar-refractivity contribution in [1.82, 2.24) is 14.8 Å². The molecular formula is C27H27N5O2. The van der Waals surface area contributed by atoms with Gasteiger partial charge in [-0.3, -0.25) is 10.1 Å². The summed E-state index contributed by atoms with van der Waals surface area (Å²) in [6, 6.07) is 26.4. The molecule has 4 aromatic rings. The number of ether oxygens (including phenoxy) is 1. The fraction of sp³-hybridized carbons (Fsp3) is 0.222. The lowest BCUT2D eigenvalue weighted by Gasteiger charge is -2.31. The molecule has 2 atom stereocenters. The molecule has 1 amide bonds. The van der Waals surface area contributed by atoms with Gasteiger partial charge in [-0.2, -0.15) is 4.98 Å². The van der Waals surface area contributed by atoms with Gasteiger partial charge in [-0.05, 0) is 42.2 Å². The van der Waals surface area contributed by atoms with E-state index in [2.05, 4.69) is 64.0 Å². The molecule has 0 bridgehead atoms. The van der Waals surface area contributed by atoms with E-state index < -0.39 is 0 Å². The lowest BCUT2D eigenvalue weighted by molar-refractivity contribution is -0.115. The largest absolute Gasteiger partial charge is 0.497 e. The van der Waals surface area contributed by atoms with Gasteiger partial charge in [0.15, 0.2) is 0 Å². The number of benzene rings is 3. The van der Waals surface area contributed by atoms with Gasteiger partial charge in [0.2, 0.25) is 11.9 Å². The number of rotatable bonds is 6. The second-order valence-electron chi connectivity index (χ2n) is 8.55. The fourth-order valence-electron chi connectivity index (χ4n) is 4.30. The van der Waals surface area contributed by atoms with Crippen molar-refractivity contribution in [2.24, 2.45) is 0 Å². The third-order valence-electron chi connectivity index (χ3n) is 6.13. The minimum absolute atomic E-state index is 0.00323. The Balaban J connectivity index is 1.39. The van der Waals surface area contributed by atoms with Crippen LogP contribution < -0.4 is 15.4 Å². The van der Waals surface area contributed by atoms with Gasteiger partial charge in [0.25, 0.3) is 5.95 Å². The van der Waals surface area contributed by atoms with Gasteiger partial charge in [-0.25, -0.2) is 4.68 Å². The highest BCUT2D eigenvalue weighted by molar-refractivity contribution is 5.90. The smallest absolute Gasteiger partial charge is 0.250 e. The Labute approximate surface area is 198 Å². The first-order chi connectivity index (χ1) is 16.6. The Kier molecular flexibility index (Phi) is 5.99. The van der Waals surface area contributed by atoms with Gasteiger partial charge in [0.05, 0.1) is 25.6 Å². The van der Waals surface area contributed by atoms with Gasteiger partial charge < -0.3 is 10.1 Å². The van der Waals surface area contributed by atoms with Crippen molar-refractivity contribution in [3.05, 3.63) is 101 Å². The second kappa shape index (κ2) is 9.39. The number of hydrogen-bond acceptors (Lipinski definition) is 5. The van der Waals surface area contributed by atoms with Crippen LogP contribution in [0, 0.1) is 6.92 Å². The summed E-state index contributed by atoms with van der Waals surface area (Å²) in [5.74, 6) is 1.53. The number of hydrogen-bond donors (Lipinski definition) is 2. The molecule has 2 heterocycles. The van der Waals surface area contributed by atoms with E-state index in [1.54, 1.807) is 7.11 Å². The van der Waals surface area contributed by atoms with Crippen LogP contribution in [0.2, 0.25) is 0 Å². The van der Waals surface area contributed by atoms with Gasteiger partial charge in [0, 0.05) is 0 Å². The maximum Gasteiger partial charge on any atom is 0.250 e. The maximum atomic E-state index is 12.7. The molecule has 1 aliphatic rings. The highest BCUT2D eigenvalue weighted by Crippen LogP contribution is 2.38. The summed E-state index contributed by atoms with van der Waals surface area (Å²) in [7, 11) is 1.62. The molecule has 0 aliphatic carbocycles. The lowest BCUT2D eigenvalue weighted by atomic mass is 9.93. The summed E-state index contributed by atoms with van der Waals surface area (Å²) in [4.78, 5) is 17.3. The predicted octanol–water partition coefficient (Wildman–Crippen LogP) is 4.92. The van der Waals surface area contributed by atoms with Gasteiger partial charge in [-0.1, -0.05) is 72.3 Å². The average molecular weight is 454 g/mol. The molecule has 34 heavy (non-hydrogen) atoms. The van der Waals surface area contributed by atoms with Crippen LogP contribution >= 0.6 is 0 Å². The maximum absolute atomic E-state index is 12.7. The molecule has 7 nitrogen and oxygen atoms in total. The van der Waals surface area contributed by atoms with Crippen LogP contribution in [0.5, 0.6) is 5.75 Å². The number of amides is 1. The Morgan fingerprint density at radius 3 is 2.47 bits per heavy atom. The topological polar surface area (TPSA) is 81.1 Å². The van der Waals surface area contributed by atoms with Crippen molar-refractivity contribution >= 4 is 17.8 Å². The van der Waals surface area contributed by atoms with Crippen LogP contribution in [0.1, 0.15) is 40.8 Å². The molecule has 1 aromatic heterocycles. The van der Waals surface area contributed by atoms with E-state index in [4.69, 9.17) is 4.74 Å². The zero-order valence-electron chi connectivity index (χ0n) is 19.2. The summed E-state index contributed by atoms with van der Waals surface area (Å²) in [5, 5.41) is 11.0. The van der Waals surface area contributed by atoms with Crippen molar-refractivity contribution in [1.29, 1.82) is 0 Å². The van der Waals surface area contributed by atoms with E-state index in [1.165, 1.54) is 11.1 Å². The molecule has 0 unspecified atom stereocenters. The SMILES string of the molecule is COc1ccc(CC(=O)Nc2nc3n(n2)[C@@H](c2ccccc2)C[C@@H](c2ccc(C)cc2)N3)cc1. The summed E-state index contributed by atoms with van der Waals surface area (Å²) in [6.45, 7) is 2.09. The Morgan fingerprint density at radius 2 is 1.76 bits per heavy atom. The molecular weight excluding hydrogens is 426 g/mol.